The second-order valence-electron chi connectivity index (χ2n) is 4.43. The van der Waals surface area contributed by atoms with Crippen molar-refractivity contribution in [2.24, 2.45) is 0 Å². The average molecular weight is 257 g/mol. The van der Waals surface area contributed by atoms with Gasteiger partial charge in [0.15, 0.2) is 0 Å². The smallest absolute Gasteiger partial charge is 0.255 e. The van der Waals surface area contributed by atoms with Crippen LogP contribution in [0.4, 0.5) is 0 Å². The van der Waals surface area contributed by atoms with Gasteiger partial charge in [0.2, 0.25) is 0 Å². The lowest BCUT2D eigenvalue weighted by Crippen LogP contribution is -2.51. The summed E-state index contributed by atoms with van der Waals surface area (Å²) >= 11 is 0. The summed E-state index contributed by atoms with van der Waals surface area (Å²) < 4.78 is 1.72. The summed E-state index contributed by atoms with van der Waals surface area (Å²) in [6, 6.07) is 9.33. The van der Waals surface area contributed by atoms with Gasteiger partial charge in [-0.2, -0.15) is 0 Å². The van der Waals surface area contributed by atoms with Crippen molar-refractivity contribution in [1.29, 1.82) is 0 Å². The maximum Gasteiger partial charge on any atom is 0.255 e. The van der Waals surface area contributed by atoms with Crippen LogP contribution in [0.5, 0.6) is 0 Å². The normalized spacial score (nSPS) is 19.4. The summed E-state index contributed by atoms with van der Waals surface area (Å²) in [6.45, 7) is 2.14. The number of carbonyl (C=O) groups excluding carboxylic acids is 1. The SMILES string of the molecule is O=C(c1ccccc1)N1CCNCC1n1ccnn1. The highest BCUT2D eigenvalue weighted by molar-refractivity contribution is 5.94. The third-order valence-electron chi connectivity index (χ3n) is 3.24. The third kappa shape index (κ3) is 2.34. The van der Waals surface area contributed by atoms with Crippen LogP contribution in [0.2, 0.25) is 0 Å². The molecule has 1 unspecified atom stereocenters. The van der Waals surface area contributed by atoms with Gasteiger partial charge in [0.05, 0.1) is 6.20 Å². The number of hydrogen-bond acceptors (Lipinski definition) is 4. The molecule has 1 atom stereocenters. The van der Waals surface area contributed by atoms with Gasteiger partial charge in [-0.05, 0) is 12.1 Å². The Morgan fingerprint density at radius 2 is 2.16 bits per heavy atom. The van der Waals surface area contributed by atoms with Crippen LogP contribution in [0, 0.1) is 0 Å². The van der Waals surface area contributed by atoms with Crippen LogP contribution in [0.3, 0.4) is 0 Å². The van der Waals surface area contributed by atoms with Crippen LogP contribution in [-0.2, 0) is 0 Å². The fourth-order valence-electron chi connectivity index (χ4n) is 2.29. The second-order valence-corrected chi connectivity index (χ2v) is 4.43. The van der Waals surface area contributed by atoms with Crippen molar-refractivity contribution in [3.63, 3.8) is 0 Å². The molecule has 1 amide bonds. The van der Waals surface area contributed by atoms with E-state index in [1.165, 1.54) is 0 Å². The Morgan fingerprint density at radius 1 is 1.32 bits per heavy atom. The molecular formula is C13H15N5O. The molecule has 0 aliphatic carbocycles. The molecule has 2 aromatic rings. The van der Waals surface area contributed by atoms with Crippen molar-refractivity contribution in [3.8, 4) is 0 Å². The van der Waals surface area contributed by atoms with E-state index in [9.17, 15) is 4.79 Å². The molecule has 2 heterocycles. The molecule has 0 spiro atoms. The van der Waals surface area contributed by atoms with Crippen molar-refractivity contribution in [1.82, 2.24) is 25.2 Å². The molecule has 1 fully saturated rings. The van der Waals surface area contributed by atoms with Gasteiger partial charge in [-0.25, -0.2) is 4.68 Å². The molecule has 1 aliphatic rings. The van der Waals surface area contributed by atoms with Gasteiger partial charge in [0, 0.05) is 31.4 Å². The minimum atomic E-state index is -0.121. The highest BCUT2D eigenvalue weighted by Gasteiger charge is 2.28. The lowest BCUT2D eigenvalue weighted by Gasteiger charge is -2.35. The molecule has 3 rings (SSSR count). The first-order chi connectivity index (χ1) is 9.36. The standard InChI is InChI=1S/C13H15N5O/c19-13(11-4-2-1-3-5-11)17-8-6-14-10-12(17)18-9-7-15-16-18/h1-5,7,9,12,14H,6,8,10H2. The number of hydrogen-bond donors (Lipinski definition) is 1. The molecule has 1 N–H and O–H groups in total. The summed E-state index contributed by atoms with van der Waals surface area (Å²) in [5, 5.41) is 11.1. The molecule has 0 radical (unpaired) electrons. The van der Waals surface area contributed by atoms with Gasteiger partial charge < -0.3 is 10.2 Å². The fraction of sp³-hybridized carbons (Fsp3) is 0.308. The minimum Gasteiger partial charge on any atom is -0.314 e. The molecule has 1 saturated heterocycles. The van der Waals surface area contributed by atoms with E-state index in [2.05, 4.69) is 15.6 Å². The molecule has 0 bridgehead atoms. The molecule has 98 valence electrons. The molecule has 1 aromatic carbocycles. The highest BCUT2D eigenvalue weighted by Crippen LogP contribution is 2.17. The van der Waals surface area contributed by atoms with E-state index in [-0.39, 0.29) is 12.1 Å². The third-order valence-corrected chi connectivity index (χ3v) is 3.24. The van der Waals surface area contributed by atoms with E-state index in [4.69, 9.17) is 0 Å². The predicted octanol–water partition coefficient (Wildman–Crippen LogP) is 0.522. The maximum absolute atomic E-state index is 12.5. The zero-order chi connectivity index (χ0) is 13.1. The summed E-state index contributed by atoms with van der Waals surface area (Å²) in [6.07, 6.45) is 3.28. The number of carbonyl (C=O) groups is 1. The Hall–Kier alpha value is -2.21. The number of benzene rings is 1. The largest absolute Gasteiger partial charge is 0.314 e. The zero-order valence-electron chi connectivity index (χ0n) is 10.4. The van der Waals surface area contributed by atoms with Crippen LogP contribution >= 0.6 is 0 Å². The summed E-state index contributed by atoms with van der Waals surface area (Å²) in [7, 11) is 0. The lowest BCUT2D eigenvalue weighted by atomic mass is 10.1. The van der Waals surface area contributed by atoms with E-state index in [1.807, 2.05) is 35.2 Å². The quantitative estimate of drug-likeness (QED) is 0.852. The van der Waals surface area contributed by atoms with Crippen LogP contribution in [0.1, 0.15) is 16.5 Å². The lowest BCUT2D eigenvalue weighted by molar-refractivity contribution is 0.0499. The molecule has 6 nitrogen and oxygen atoms in total. The summed E-state index contributed by atoms with van der Waals surface area (Å²) in [5.74, 6) is 0.0302. The van der Waals surface area contributed by atoms with Gasteiger partial charge in [-0.3, -0.25) is 4.79 Å². The average Bonchev–Trinajstić information content (AvgIpc) is 3.01. The summed E-state index contributed by atoms with van der Waals surface area (Å²) in [5.41, 5.74) is 0.703. The van der Waals surface area contributed by atoms with Gasteiger partial charge in [-0.1, -0.05) is 23.4 Å². The second kappa shape index (κ2) is 5.19. The van der Waals surface area contributed by atoms with E-state index < -0.39 is 0 Å². The van der Waals surface area contributed by atoms with Crippen LogP contribution in [0.15, 0.2) is 42.7 Å². The number of aromatic nitrogens is 3. The first-order valence-corrected chi connectivity index (χ1v) is 6.29. The molecule has 0 saturated carbocycles. The Bertz CT molecular complexity index is 539. The Labute approximate surface area is 111 Å². The van der Waals surface area contributed by atoms with E-state index in [0.717, 1.165) is 6.54 Å². The maximum atomic E-state index is 12.5. The van der Waals surface area contributed by atoms with Crippen molar-refractivity contribution in [3.05, 3.63) is 48.3 Å². The minimum absolute atomic E-state index is 0.0302. The van der Waals surface area contributed by atoms with Crippen molar-refractivity contribution in [2.75, 3.05) is 19.6 Å². The Balaban J connectivity index is 1.87. The molecule has 1 aromatic heterocycles. The van der Waals surface area contributed by atoms with E-state index in [0.29, 0.717) is 18.7 Å². The molecule has 6 heteroatoms. The number of nitrogens with zero attached hydrogens (tertiary/aromatic N) is 4. The predicted molar refractivity (Wildman–Crippen MR) is 69.4 cm³/mol. The van der Waals surface area contributed by atoms with Gasteiger partial charge in [0.1, 0.15) is 6.17 Å². The number of amides is 1. The monoisotopic (exact) mass is 257 g/mol. The van der Waals surface area contributed by atoms with E-state index in [1.54, 1.807) is 17.1 Å². The van der Waals surface area contributed by atoms with Gasteiger partial charge in [0.25, 0.3) is 5.91 Å². The van der Waals surface area contributed by atoms with Crippen LogP contribution in [0.25, 0.3) is 0 Å². The van der Waals surface area contributed by atoms with Crippen LogP contribution in [-0.4, -0.2) is 45.4 Å². The first kappa shape index (κ1) is 11.9. The van der Waals surface area contributed by atoms with Gasteiger partial charge >= 0.3 is 0 Å². The van der Waals surface area contributed by atoms with Crippen molar-refractivity contribution >= 4 is 5.91 Å². The molecule has 19 heavy (non-hydrogen) atoms. The first-order valence-electron chi connectivity index (χ1n) is 6.29. The Kier molecular flexibility index (Phi) is 3.24. The van der Waals surface area contributed by atoms with Gasteiger partial charge in [-0.15, -0.1) is 5.10 Å². The molecule has 1 aliphatic heterocycles. The Morgan fingerprint density at radius 3 is 2.89 bits per heavy atom. The zero-order valence-corrected chi connectivity index (χ0v) is 10.4. The van der Waals surface area contributed by atoms with E-state index >= 15 is 0 Å². The topological polar surface area (TPSA) is 63.1 Å². The number of piperazine rings is 1. The fourth-order valence-corrected chi connectivity index (χ4v) is 2.29. The molecular weight excluding hydrogens is 242 g/mol. The number of rotatable bonds is 2. The van der Waals surface area contributed by atoms with Crippen LogP contribution < -0.4 is 5.32 Å². The highest BCUT2D eigenvalue weighted by atomic mass is 16.2. The van der Waals surface area contributed by atoms with Crippen molar-refractivity contribution in [2.45, 2.75) is 6.17 Å². The summed E-state index contributed by atoms with van der Waals surface area (Å²) in [4.78, 5) is 14.4. The van der Waals surface area contributed by atoms with Crippen molar-refractivity contribution < 1.29 is 4.79 Å². The number of nitrogens with one attached hydrogen (secondary N) is 1.